The Labute approximate surface area is 114 Å². The summed E-state index contributed by atoms with van der Waals surface area (Å²) in [4.78, 5) is -0.133. The summed E-state index contributed by atoms with van der Waals surface area (Å²) < 4.78 is 6.23. The molecule has 1 atom stereocenters. The summed E-state index contributed by atoms with van der Waals surface area (Å²) in [5.41, 5.74) is 4.32. The van der Waals surface area contributed by atoms with Gasteiger partial charge in [-0.2, -0.15) is 0 Å². The fraction of sp³-hybridized carbons (Fsp3) is 0.600. The van der Waals surface area contributed by atoms with Crippen LogP contribution >= 0.6 is 11.8 Å². The number of benzene rings is 1. The van der Waals surface area contributed by atoms with E-state index in [-0.39, 0.29) is 4.93 Å². The number of fused-ring (bicyclic) bond motifs is 1. The summed E-state index contributed by atoms with van der Waals surface area (Å²) in [7, 11) is 0. The molecule has 2 nitrogen and oxygen atoms in total. The Balaban J connectivity index is 2.61. The molecule has 2 rings (SSSR count). The molecular weight excluding hydrogens is 244 g/mol. The first-order valence-electron chi connectivity index (χ1n) is 6.51. The van der Waals surface area contributed by atoms with E-state index in [4.69, 9.17) is 4.74 Å². The first kappa shape index (κ1) is 13.6. The molecule has 1 aliphatic heterocycles. The summed E-state index contributed by atoms with van der Waals surface area (Å²) >= 11 is 1.76. The van der Waals surface area contributed by atoms with Crippen molar-refractivity contribution in [3.05, 3.63) is 22.3 Å². The van der Waals surface area contributed by atoms with Crippen LogP contribution in [0.5, 0.6) is 11.5 Å². The third-order valence-electron chi connectivity index (χ3n) is 4.11. The molecule has 100 valence electrons. The van der Waals surface area contributed by atoms with Crippen molar-refractivity contribution in [2.75, 3.05) is 6.26 Å². The number of phenols is 1. The van der Waals surface area contributed by atoms with Crippen molar-refractivity contribution in [2.24, 2.45) is 0 Å². The molecule has 1 aliphatic rings. The lowest BCUT2D eigenvalue weighted by atomic mass is 9.90. The molecule has 0 amide bonds. The fourth-order valence-corrected chi connectivity index (χ4v) is 3.10. The Morgan fingerprint density at radius 3 is 2.56 bits per heavy atom. The van der Waals surface area contributed by atoms with E-state index in [1.165, 1.54) is 5.56 Å². The van der Waals surface area contributed by atoms with Crippen molar-refractivity contribution in [2.45, 2.75) is 51.9 Å². The smallest absolute Gasteiger partial charge is 0.151 e. The van der Waals surface area contributed by atoms with Crippen LogP contribution in [0.4, 0.5) is 0 Å². The van der Waals surface area contributed by atoms with Gasteiger partial charge in [-0.25, -0.2) is 0 Å². The van der Waals surface area contributed by atoms with Crippen LogP contribution in [0.2, 0.25) is 0 Å². The van der Waals surface area contributed by atoms with Crippen molar-refractivity contribution in [1.82, 2.24) is 0 Å². The molecule has 0 aliphatic carbocycles. The summed E-state index contributed by atoms with van der Waals surface area (Å²) in [5.74, 6) is 1.47. The molecule has 18 heavy (non-hydrogen) atoms. The first-order chi connectivity index (χ1) is 8.43. The Hall–Kier alpha value is -0.830. The molecule has 0 saturated carbocycles. The van der Waals surface area contributed by atoms with Gasteiger partial charge in [-0.05, 0) is 51.0 Å². The number of hydrogen-bond acceptors (Lipinski definition) is 3. The number of phenolic OH excluding ortho intramolecular Hbond substituents is 1. The van der Waals surface area contributed by atoms with E-state index in [2.05, 4.69) is 20.1 Å². The lowest BCUT2D eigenvalue weighted by molar-refractivity contribution is 0.156. The molecule has 3 heteroatoms. The van der Waals surface area contributed by atoms with Gasteiger partial charge in [0, 0.05) is 17.5 Å². The minimum atomic E-state index is -0.133. The predicted molar refractivity (Wildman–Crippen MR) is 77.8 cm³/mol. The Morgan fingerprint density at radius 1 is 1.33 bits per heavy atom. The minimum absolute atomic E-state index is 0.133. The number of thioether (sulfide) groups is 1. The van der Waals surface area contributed by atoms with Crippen LogP contribution in [-0.2, 0) is 12.8 Å². The highest BCUT2D eigenvalue weighted by Crippen LogP contribution is 2.46. The summed E-state index contributed by atoms with van der Waals surface area (Å²) in [5, 5.41) is 10.3. The van der Waals surface area contributed by atoms with E-state index in [1.54, 1.807) is 11.8 Å². The summed E-state index contributed by atoms with van der Waals surface area (Å²) in [6.45, 7) is 8.25. The third kappa shape index (κ3) is 1.99. The van der Waals surface area contributed by atoms with Gasteiger partial charge in [-0.15, -0.1) is 11.8 Å². The van der Waals surface area contributed by atoms with Crippen molar-refractivity contribution in [3.63, 3.8) is 0 Å². The van der Waals surface area contributed by atoms with Gasteiger partial charge in [0.2, 0.25) is 0 Å². The molecule has 1 heterocycles. The third-order valence-corrected chi connectivity index (χ3v) is 5.27. The highest BCUT2D eigenvalue weighted by atomic mass is 32.2. The zero-order chi connectivity index (χ0) is 13.5. The first-order valence-corrected chi connectivity index (χ1v) is 7.74. The van der Waals surface area contributed by atoms with Gasteiger partial charge in [-0.3, -0.25) is 0 Å². The van der Waals surface area contributed by atoms with Crippen LogP contribution in [0.15, 0.2) is 0 Å². The van der Waals surface area contributed by atoms with Gasteiger partial charge < -0.3 is 9.84 Å². The van der Waals surface area contributed by atoms with Crippen LogP contribution in [0.3, 0.4) is 0 Å². The second kappa shape index (κ2) is 4.69. The maximum Gasteiger partial charge on any atom is 0.151 e. The average molecular weight is 266 g/mol. The number of hydrogen-bond donors (Lipinski definition) is 1. The Morgan fingerprint density at radius 2 is 2.00 bits per heavy atom. The summed E-state index contributed by atoms with van der Waals surface area (Å²) in [6, 6.07) is 0. The molecule has 0 bridgehead atoms. The van der Waals surface area contributed by atoms with E-state index in [0.29, 0.717) is 5.75 Å². The highest BCUT2D eigenvalue weighted by molar-refractivity contribution is 7.99. The van der Waals surface area contributed by atoms with Gasteiger partial charge in [-0.1, -0.05) is 6.92 Å². The average Bonchev–Trinajstić information content (AvgIpc) is 2.38. The van der Waals surface area contributed by atoms with Crippen molar-refractivity contribution in [3.8, 4) is 11.5 Å². The van der Waals surface area contributed by atoms with Gasteiger partial charge >= 0.3 is 0 Å². The number of rotatable bonds is 2. The van der Waals surface area contributed by atoms with Gasteiger partial charge in [0.05, 0.1) is 0 Å². The van der Waals surface area contributed by atoms with E-state index in [9.17, 15) is 5.11 Å². The quantitative estimate of drug-likeness (QED) is 0.878. The molecule has 0 radical (unpaired) electrons. The molecule has 0 spiro atoms. The maximum absolute atomic E-state index is 10.3. The van der Waals surface area contributed by atoms with Crippen LogP contribution in [-0.4, -0.2) is 16.3 Å². The van der Waals surface area contributed by atoms with Crippen molar-refractivity contribution in [1.29, 1.82) is 0 Å². The van der Waals surface area contributed by atoms with Crippen LogP contribution < -0.4 is 4.74 Å². The fourth-order valence-electron chi connectivity index (χ4n) is 2.63. The second-order valence-corrected chi connectivity index (χ2v) is 6.45. The van der Waals surface area contributed by atoms with E-state index in [0.717, 1.165) is 41.7 Å². The van der Waals surface area contributed by atoms with Crippen molar-refractivity contribution >= 4 is 11.8 Å². The molecule has 1 N–H and O–H groups in total. The molecule has 1 aromatic carbocycles. The van der Waals surface area contributed by atoms with E-state index < -0.39 is 0 Å². The van der Waals surface area contributed by atoms with E-state index in [1.807, 2.05) is 13.8 Å². The maximum atomic E-state index is 10.3. The monoisotopic (exact) mass is 266 g/mol. The largest absolute Gasteiger partial charge is 0.507 e. The van der Waals surface area contributed by atoms with Gasteiger partial charge in [0.25, 0.3) is 0 Å². The SMILES string of the molecule is CCc1c(O)c(C)c(C)c2c1CCC(C)(SC)O2. The van der Waals surface area contributed by atoms with Gasteiger partial charge in [0.15, 0.2) is 4.93 Å². The Bertz CT molecular complexity index is 482. The predicted octanol–water partition coefficient (Wildman–Crippen LogP) is 3.98. The molecule has 0 aromatic heterocycles. The lowest BCUT2D eigenvalue weighted by Gasteiger charge is -2.36. The van der Waals surface area contributed by atoms with Crippen LogP contribution in [0.25, 0.3) is 0 Å². The Kier molecular flexibility index (Phi) is 3.54. The number of aromatic hydroxyl groups is 1. The second-order valence-electron chi connectivity index (χ2n) is 5.18. The molecule has 1 aromatic rings. The molecule has 1 unspecified atom stereocenters. The zero-order valence-electron chi connectivity index (χ0n) is 11.9. The topological polar surface area (TPSA) is 29.5 Å². The minimum Gasteiger partial charge on any atom is -0.507 e. The number of ether oxygens (including phenoxy) is 1. The molecule has 0 saturated heterocycles. The van der Waals surface area contributed by atoms with Crippen LogP contribution in [0, 0.1) is 13.8 Å². The standard InChI is InChI=1S/C15H22O2S/c1-6-11-12-7-8-15(4,18-5)17-14(12)10(3)9(2)13(11)16/h16H,6-8H2,1-5H3. The van der Waals surface area contributed by atoms with Gasteiger partial charge in [0.1, 0.15) is 11.5 Å². The molecular formula is C15H22O2S. The normalized spacial score (nSPS) is 22.5. The highest BCUT2D eigenvalue weighted by Gasteiger charge is 2.34. The van der Waals surface area contributed by atoms with Crippen molar-refractivity contribution < 1.29 is 9.84 Å². The molecule has 0 fully saturated rings. The zero-order valence-corrected chi connectivity index (χ0v) is 12.7. The summed E-state index contributed by atoms with van der Waals surface area (Å²) in [6.07, 6.45) is 4.93. The van der Waals surface area contributed by atoms with Crippen LogP contribution in [0.1, 0.15) is 42.5 Å². The lowest BCUT2D eigenvalue weighted by Crippen LogP contribution is -2.33. The van der Waals surface area contributed by atoms with E-state index >= 15 is 0 Å².